The molecule has 3 nitrogen and oxygen atoms in total. The zero-order valence-electron chi connectivity index (χ0n) is 12.0. The first kappa shape index (κ1) is 14.3. The van der Waals surface area contributed by atoms with Crippen LogP contribution in [-0.2, 0) is 9.47 Å². The van der Waals surface area contributed by atoms with Gasteiger partial charge in [-0.2, -0.15) is 0 Å². The van der Waals surface area contributed by atoms with E-state index in [1.807, 2.05) is 0 Å². The lowest BCUT2D eigenvalue weighted by atomic mass is 10.2. The number of nitrogens with one attached hydrogen (secondary N) is 1. The molecular weight excluding hydrogens is 226 g/mol. The summed E-state index contributed by atoms with van der Waals surface area (Å²) in [6.07, 6.45) is 7.20. The fourth-order valence-corrected chi connectivity index (χ4v) is 2.46. The van der Waals surface area contributed by atoms with Crippen LogP contribution in [0.1, 0.15) is 46.0 Å². The van der Waals surface area contributed by atoms with Crippen LogP contribution < -0.4 is 5.32 Å². The van der Waals surface area contributed by atoms with Gasteiger partial charge in [-0.1, -0.05) is 26.7 Å². The molecule has 0 aromatic heterocycles. The molecule has 2 fully saturated rings. The second-order valence-electron chi connectivity index (χ2n) is 6.32. The van der Waals surface area contributed by atoms with Gasteiger partial charge in [0.15, 0.2) is 0 Å². The van der Waals surface area contributed by atoms with Crippen molar-refractivity contribution in [3.63, 3.8) is 0 Å². The fraction of sp³-hybridized carbons (Fsp3) is 1.00. The Kier molecular flexibility index (Phi) is 5.93. The molecule has 0 aromatic carbocycles. The number of rotatable bonds is 9. The Balaban J connectivity index is 1.45. The molecule has 2 rings (SSSR count). The summed E-state index contributed by atoms with van der Waals surface area (Å²) >= 11 is 0. The molecule has 3 heteroatoms. The Bertz CT molecular complexity index is 229. The third kappa shape index (κ3) is 5.68. The van der Waals surface area contributed by atoms with Gasteiger partial charge in [-0.3, -0.25) is 0 Å². The molecule has 1 aliphatic carbocycles. The first-order valence-electron chi connectivity index (χ1n) is 7.68. The number of hydrogen-bond acceptors (Lipinski definition) is 3. The third-order valence-corrected chi connectivity index (χ3v) is 3.79. The third-order valence-electron chi connectivity index (χ3n) is 3.79. The smallest absolute Gasteiger partial charge is 0.0813 e. The Morgan fingerprint density at radius 2 is 1.94 bits per heavy atom. The van der Waals surface area contributed by atoms with Crippen LogP contribution in [0.15, 0.2) is 0 Å². The van der Waals surface area contributed by atoms with Gasteiger partial charge in [0.25, 0.3) is 0 Å². The van der Waals surface area contributed by atoms with Crippen molar-refractivity contribution >= 4 is 0 Å². The van der Waals surface area contributed by atoms with Crippen LogP contribution in [0, 0.1) is 11.8 Å². The Hall–Kier alpha value is -0.120. The van der Waals surface area contributed by atoms with E-state index in [9.17, 15) is 0 Å². The van der Waals surface area contributed by atoms with E-state index >= 15 is 0 Å². The highest BCUT2D eigenvalue weighted by molar-refractivity contribution is 4.76. The summed E-state index contributed by atoms with van der Waals surface area (Å²) in [6, 6.07) is 0. The van der Waals surface area contributed by atoms with Gasteiger partial charge < -0.3 is 14.8 Å². The second kappa shape index (κ2) is 7.46. The average Bonchev–Trinajstić information content (AvgIpc) is 3.04. The minimum absolute atomic E-state index is 0.343. The molecule has 0 spiro atoms. The van der Waals surface area contributed by atoms with E-state index in [0.717, 1.165) is 38.6 Å². The quantitative estimate of drug-likeness (QED) is 0.642. The van der Waals surface area contributed by atoms with Gasteiger partial charge in [-0.15, -0.1) is 0 Å². The van der Waals surface area contributed by atoms with Crippen LogP contribution in [-0.4, -0.2) is 38.5 Å². The summed E-state index contributed by atoms with van der Waals surface area (Å²) in [5.41, 5.74) is 0. The molecule has 0 aromatic rings. The molecule has 0 radical (unpaired) electrons. The molecule has 1 saturated heterocycles. The summed E-state index contributed by atoms with van der Waals surface area (Å²) in [4.78, 5) is 0. The van der Waals surface area contributed by atoms with Gasteiger partial charge in [-0.25, -0.2) is 0 Å². The molecule has 0 bridgehead atoms. The highest BCUT2D eigenvalue weighted by Gasteiger charge is 2.25. The highest BCUT2D eigenvalue weighted by Crippen LogP contribution is 2.32. The predicted octanol–water partition coefficient (Wildman–Crippen LogP) is 2.60. The lowest BCUT2D eigenvalue weighted by molar-refractivity contribution is -0.0154. The van der Waals surface area contributed by atoms with E-state index in [0.29, 0.717) is 18.1 Å². The summed E-state index contributed by atoms with van der Waals surface area (Å²) in [5.74, 6) is 1.69. The van der Waals surface area contributed by atoms with Gasteiger partial charge in [0, 0.05) is 13.2 Å². The Morgan fingerprint density at radius 3 is 2.67 bits per heavy atom. The molecule has 0 amide bonds. The molecule has 2 aliphatic rings. The van der Waals surface area contributed by atoms with E-state index < -0.39 is 0 Å². The van der Waals surface area contributed by atoms with E-state index in [1.54, 1.807) is 0 Å². The molecule has 18 heavy (non-hydrogen) atoms. The van der Waals surface area contributed by atoms with Gasteiger partial charge in [-0.05, 0) is 37.6 Å². The largest absolute Gasteiger partial charge is 0.379 e. The fourth-order valence-electron chi connectivity index (χ4n) is 2.46. The van der Waals surface area contributed by atoms with E-state index in [2.05, 4.69) is 19.2 Å². The minimum Gasteiger partial charge on any atom is -0.379 e. The van der Waals surface area contributed by atoms with Crippen LogP contribution in [0.4, 0.5) is 0 Å². The molecule has 1 saturated carbocycles. The van der Waals surface area contributed by atoms with E-state index in [4.69, 9.17) is 9.47 Å². The number of hydrogen-bond donors (Lipinski definition) is 1. The minimum atomic E-state index is 0.343. The normalized spacial score (nSPS) is 28.2. The predicted molar refractivity (Wildman–Crippen MR) is 73.8 cm³/mol. The van der Waals surface area contributed by atoms with Crippen molar-refractivity contribution < 1.29 is 9.47 Å². The van der Waals surface area contributed by atoms with Crippen molar-refractivity contribution in [1.82, 2.24) is 5.32 Å². The topological polar surface area (TPSA) is 30.5 Å². The summed E-state index contributed by atoms with van der Waals surface area (Å²) in [7, 11) is 0. The molecule has 2 unspecified atom stereocenters. The van der Waals surface area contributed by atoms with Crippen molar-refractivity contribution in [3.05, 3.63) is 0 Å². The van der Waals surface area contributed by atoms with Crippen LogP contribution in [0.25, 0.3) is 0 Å². The zero-order chi connectivity index (χ0) is 12.8. The second-order valence-corrected chi connectivity index (χ2v) is 6.32. The van der Waals surface area contributed by atoms with Gasteiger partial charge >= 0.3 is 0 Å². The van der Waals surface area contributed by atoms with E-state index in [1.165, 1.54) is 25.7 Å². The van der Waals surface area contributed by atoms with Crippen molar-refractivity contribution in [2.45, 2.75) is 58.2 Å². The molecule has 1 heterocycles. The van der Waals surface area contributed by atoms with Gasteiger partial charge in [0.2, 0.25) is 0 Å². The maximum Gasteiger partial charge on any atom is 0.0813 e. The van der Waals surface area contributed by atoms with Crippen molar-refractivity contribution in [2.24, 2.45) is 11.8 Å². The van der Waals surface area contributed by atoms with Crippen LogP contribution >= 0.6 is 0 Å². The monoisotopic (exact) mass is 255 g/mol. The average molecular weight is 255 g/mol. The summed E-state index contributed by atoms with van der Waals surface area (Å²) < 4.78 is 11.7. The lowest BCUT2D eigenvalue weighted by Gasteiger charge is -2.15. The van der Waals surface area contributed by atoms with Crippen LogP contribution in [0.3, 0.4) is 0 Å². The highest BCUT2D eigenvalue weighted by atomic mass is 16.5. The molecule has 1 aliphatic heterocycles. The molecular formula is C15H29NO2. The summed E-state index contributed by atoms with van der Waals surface area (Å²) in [5, 5.41) is 3.47. The van der Waals surface area contributed by atoms with Gasteiger partial charge in [0.05, 0.1) is 18.8 Å². The van der Waals surface area contributed by atoms with Gasteiger partial charge in [0.1, 0.15) is 0 Å². The van der Waals surface area contributed by atoms with Crippen molar-refractivity contribution in [3.8, 4) is 0 Å². The van der Waals surface area contributed by atoms with Crippen molar-refractivity contribution in [2.75, 3.05) is 26.3 Å². The number of ether oxygens (including phenoxy) is 2. The van der Waals surface area contributed by atoms with Crippen LogP contribution in [0.5, 0.6) is 0 Å². The molecule has 106 valence electrons. The lowest BCUT2D eigenvalue weighted by Crippen LogP contribution is -2.30. The first-order chi connectivity index (χ1) is 8.74. The maximum absolute atomic E-state index is 5.98. The van der Waals surface area contributed by atoms with E-state index in [-0.39, 0.29) is 0 Å². The zero-order valence-corrected chi connectivity index (χ0v) is 12.0. The SMILES string of the molecule is CC(C)CNCC1CCC(COCCC2CC2)O1. The standard InChI is InChI=1S/C15H29NO2/c1-12(2)9-16-10-14-5-6-15(18-14)11-17-8-7-13-3-4-13/h12-16H,3-11H2,1-2H3. The van der Waals surface area contributed by atoms with Crippen molar-refractivity contribution in [1.29, 1.82) is 0 Å². The summed E-state index contributed by atoms with van der Waals surface area (Å²) in [6.45, 7) is 8.28. The Labute approximate surface area is 112 Å². The molecule has 2 atom stereocenters. The Morgan fingerprint density at radius 1 is 1.17 bits per heavy atom. The molecule has 1 N–H and O–H groups in total. The first-order valence-corrected chi connectivity index (χ1v) is 7.68. The maximum atomic E-state index is 5.98. The van der Waals surface area contributed by atoms with Crippen LogP contribution in [0.2, 0.25) is 0 Å².